The number of hydrogen-bond donors (Lipinski definition) is 0. The summed E-state index contributed by atoms with van der Waals surface area (Å²) in [6.45, 7) is 0.835. The summed E-state index contributed by atoms with van der Waals surface area (Å²) in [4.78, 5) is 14.1. The molecule has 1 fully saturated rings. The van der Waals surface area contributed by atoms with Crippen molar-refractivity contribution in [3.63, 3.8) is 0 Å². The second-order valence-electron chi connectivity index (χ2n) is 6.17. The van der Waals surface area contributed by atoms with E-state index in [-0.39, 0.29) is 5.92 Å². The summed E-state index contributed by atoms with van der Waals surface area (Å²) in [6.07, 6.45) is 3.47. The van der Waals surface area contributed by atoms with Crippen molar-refractivity contribution in [3.8, 4) is 0 Å². The summed E-state index contributed by atoms with van der Waals surface area (Å²) in [5.41, 5.74) is 0.246. The average molecular weight is 342 g/mol. The van der Waals surface area contributed by atoms with E-state index in [2.05, 4.69) is 10.2 Å². The van der Waals surface area contributed by atoms with Gasteiger partial charge in [-0.1, -0.05) is 12.1 Å². The highest BCUT2D eigenvalue weighted by Crippen LogP contribution is 2.27. The molecule has 1 atom stereocenters. The minimum atomic E-state index is -0.833. The number of piperidine rings is 1. The van der Waals surface area contributed by atoms with E-state index in [0.717, 1.165) is 36.4 Å². The number of carbonyl (C=O) groups excluding carboxylic acids is 1. The lowest BCUT2D eigenvalue weighted by molar-refractivity contribution is 0.0694. The Morgan fingerprint density at radius 1 is 1.08 bits per heavy atom. The first-order valence-electron chi connectivity index (χ1n) is 8.18. The monoisotopic (exact) mass is 342 g/mol. The molecule has 1 amide bonds. The zero-order valence-corrected chi connectivity index (χ0v) is 13.4. The molecule has 3 aromatic rings. The molecule has 1 aromatic carbocycles. The molecular weight excluding hydrogens is 326 g/mol. The van der Waals surface area contributed by atoms with E-state index in [1.165, 1.54) is 11.0 Å². The van der Waals surface area contributed by atoms with E-state index in [9.17, 15) is 13.6 Å². The molecule has 3 heterocycles. The first-order chi connectivity index (χ1) is 12.1. The molecule has 5 nitrogen and oxygen atoms in total. The summed E-state index contributed by atoms with van der Waals surface area (Å²) < 4.78 is 29.7. The minimum absolute atomic E-state index is 0.0232. The number of amides is 1. The van der Waals surface area contributed by atoms with E-state index >= 15 is 0 Å². The number of nitrogens with zero attached hydrogens (tertiary/aromatic N) is 4. The highest BCUT2D eigenvalue weighted by Gasteiger charge is 2.30. The van der Waals surface area contributed by atoms with Gasteiger partial charge in [0.2, 0.25) is 0 Å². The lowest BCUT2D eigenvalue weighted by atomic mass is 9.96. The van der Waals surface area contributed by atoms with Crippen LogP contribution in [-0.2, 0) is 0 Å². The molecule has 0 aliphatic carbocycles. The third kappa shape index (κ3) is 2.75. The lowest BCUT2D eigenvalue weighted by Crippen LogP contribution is -2.40. The Morgan fingerprint density at radius 2 is 1.88 bits per heavy atom. The maximum Gasteiger partial charge on any atom is 0.259 e. The molecule has 1 aliphatic heterocycles. The molecule has 25 heavy (non-hydrogen) atoms. The zero-order valence-electron chi connectivity index (χ0n) is 13.4. The van der Waals surface area contributed by atoms with E-state index in [4.69, 9.17) is 0 Å². The Bertz CT molecular complexity index is 919. The zero-order chi connectivity index (χ0) is 17.4. The van der Waals surface area contributed by atoms with Crippen LogP contribution in [0, 0.1) is 11.6 Å². The van der Waals surface area contributed by atoms with Gasteiger partial charge in [-0.05, 0) is 37.1 Å². The molecule has 2 aromatic heterocycles. The Hall–Kier alpha value is -2.83. The van der Waals surface area contributed by atoms with Gasteiger partial charge in [0.1, 0.15) is 23.0 Å². The fraction of sp³-hybridized carbons (Fsp3) is 0.278. The topological polar surface area (TPSA) is 50.5 Å². The average Bonchev–Trinajstić information content (AvgIpc) is 3.06. The summed E-state index contributed by atoms with van der Waals surface area (Å²) >= 11 is 0. The van der Waals surface area contributed by atoms with Crippen LogP contribution in [0.3, 0.4) is 0 Å². The van der Waals surface area contributed by atoms with E-state index in [1.807, 2.05) is 28.8 Å². The summed E-state index contributed by atoms with van der Waals surface area (Å²) in [6, 6.07) is 9.08. The van der Waals surface area contributed by atoms with Crippen LogP contribution in [0.1, 0.15) is 34.9 Å². The van der Waals surface area contributed by atoms with Crippen LogP contribution < -0.4 is 0 Å². The minimum Gasteiger partial charge on any atom is -0.338 e. The fourth-order valence-corrected chi connectivity index (χ4v) is 3.37. The van der Waals surface area contributed by atoms with Crippen molar-refractivity contribution in [2.24, 2.45) is 0 Å². The van der Waals surface area contributed by atoms with Crippen LogP contribution in [0.5, 0.6) is 0 Å². The number of benzene rings is 1. The summed E-state index contributed by atoms with van der Waals surface area (Å²) in [5.74, 6) is -1.54. The molecule has 128 valence electrons. The Balaban J connectivity index is 1.62. The van der Waals surface area contributed by atoms with Crippen molar-refractivity contribution in [2.75, 3.05) is 13.1 Å². The summed E-state index contributed by atoms with van der Waals surface area (Å²) in [5, 5.41) is 8.39. The highest BCUT2D eigenvalue weighted by molar-refractivity contribution is 5.94. The lowest BCUT2D eigenvalue weighted by Gasteiger charge is -2.32. The number of rotatable bonds is 2. The van der Waals surface area contributed by atoms with Crippen molar-refractivity contribution in [3.05, 3.63) is 65.6 Å². The van der Waals surface area contributed by atoms with Crippen molar-refractivity contribution >= 4 is 11.6 Å². The maximum atomic E-state index is 13.9. The van der Waals surface area contributed by atoms with Crippen molar-refractivity contribution in [1.82, 2.24) is 19.5 Å². The van der Waals surface area contributed by atoms with Crippen LogP contribution in [0.2, 0.25) is 0 Å². The molecular formula is C18H16F2N4O. The van der Waals surface area contributed by atoms with E-state index < -0.39 is 23.1 Å². The van der Waals surface area contributed by atoms with Crippen LogP contribution in [0.4, 0.5) is 8.78 Å². The molecule has 0 saturated carbocycles. The second kappa shape index (κ2) is 6.23. The van der Waals surface area contributed by atoms with Crippen LogP contribution >= 0.6 is 0 Å². The highest BCUT2D eigenvalue weighted by atomic mass is 19.1. The third-order valence-electron chi connectivity index (χ3n) is 4.59. The normalized spacial score (nSPS) is 17.8. The fourth-order valence-electron chi connectivity index (χ4n) is 3.37. The van der Waals surface area contributed by atoms with Crippen molar-refractivity contribution in [2.45, 2.75) is 18.8 Å². The molecule has 7 heteroatoms. The van der Waals surface area contributed by atoms with Gasteiger partial charge in [-0.3, -0.25) is 9.20 Å². The van der Waals surface area contributed by atoms with Gasteiger partial charge in [-0.15, -0.1) is 10.2 Å². The largest absolute Gasteiger partial charge is 0.338 e. The van der Waals surface area contributed by atoms with Crippen LogP contribution in [-0.4, -0.2) is 38.5 Å². The van der Waals surface area contributed by atoms with Gasteiger partial charge < -0.3 is 4.90 Å². The first kappa shape index (κ1) is 15.7. The predicted molar refractivity (Wildman–Crippen MR) is 87.2 cm³/mol. The standard InChI is InChI=1S/C18H16F2N4O/c19-13-6-3-7-14(20)16(13)18(25)23-9-4-5-12(11-23)17-22-21-15-8-1-2-10-24(15)17/h1-3,6-8,10,12H,4-5,9,11H2/t12-/m0/s1. The molecule has 0 spiro atoms. The Labute approximate surface area is 142 Å². The van der Waals surface area contributed by atoms with Gasteiger partial charge in [-0.25, -0.2) is 8.78 Å². The molecule has 1 aliphatic rings. The second-order valence-corrected chi connectivity index (χ2v) is 6.17. The van der Waals surface area contributed by atoms with Crippen molar-refractivity contribution in [1.29, 1.82) is 0 Å². The maximum absolute atomic E-state index is 13.9. The molecule has 0 unspecified atom stereocenters. The molecule has 0 N–H and O–H groups in total. The quantitative estimate of drug-likeness (QED) is 0.719. The number of aromatic nitrogens is 3. The summed E-state index contributed by atoms with van der Waals surface area (Å²) in [7, 11) is 0. The van der Waals surface area contributed by atoms with E-state index in [0.29, 0.717) is 13.1 Å². The number of fused-ring (bicyclic) bond motifs is 1. The van der Waals surface area contributed by atoms with Gasteiger partial charge in [-0.2, -0.15) is 0 Å². The molecule has 4 rings (SSSR count). The Kier molecular flexibility index (Phi) is 3.91. The van der Waals surface area contributed by atoms with Gasteiger partial charge >= 0.3 is 0 Å². The SMILES string of the molecule is O=C(c1c(F)cccc1F)N1CCC[C@H](c2nnc3ccccn23)C1. The van der Waals surface area contributed by atoms with Gasteiger partial charge in [0.15, 0.2) is 5.65 Å². The number of halogens is 2. The first-order valence-corrected chi connectivity index (χ1v) is 8.18. The van der Waals surface area contributed by atoms with Crippen LogP contribution in [0.25, 0.3) is 5.65 Å². The Morgan fingerprint density at radius 3 is 2.68 bits per heavy atom. The third-order valence-corrected chi connectivity index (χ3v) is 4.59. The number of carbonyl (C=O) groups is 1. The number of likely N-dealkylation sites (tertiary alicyclic amines) is 1. The number of hydrogen-bond acceptors (Lipinski definition) is 3. The van der Waals surface area contributed by atoms with Gasteiger partial charge in [0.05, 0.1) is 0 Å². The van der Waals surface area contributed by atoms with E-state index in [1.54, 1.807) is 0 Å². The van der Waals surface area contributed by atoms with Crippen LogP contribution in [0.15, 0.2) is 42.6 Å². The predicted octanol–water partition coefficient (Wildman–Crippen LogP) is 3.03. The molecule has 0 bridgehead atoms. The van der Waals surface area contributed by atoms with Gasteiger partial charge in [0.25, 0.3) is 5.91 Å². The van der Waals surface area contributed by atoms with Gasteiger partial charge in [0, 0.05) is 25.2 Å². The number of pyridine rings is 1. The van der Waals surface area contributed by atoms with Crippen molar-refractivity contribution < 1.29 is 13.6 Å². The smallest absolute Gasteiger partial charge is 0.259 e. The molecule has 0 radical (unpaired) electrons. The molecule has 1 saturated heterocycles.